The Morgan fingerprint density at radius 2 is 2.21 bits per heavy atom. The molecule has 0 bridgehead atoms. The Morgan fingerprint density at radius 3 is 2.84 bits per heavy atom. The van der Waals surface area contributed by atoms with Crippen molar-refractivity contribution in [2.45, 2.75) is 6.92 Å². The van der Waals surface area contributed by atoms with E-state index in [0.717, 1.165) is 5.56 Å². The zero-order chi connectivity index (χ0) is 13.8. The van der Waals surface area contributed by atoms with Gasteiger partial charge < -0.3 is 10.1 Å². The van der Waals surface area contributed by atoms with Crippen LogP contribution in [-0.4, -0.2) is 28.2 Å². The molecule has 98 valence electrons. The highest BCUT2D eigenvalue weighted by Gasteiger charge is 2.09. The third-order valence-corrected chi connectivity index (χ3v) is 2.50. The van der Waals surface area contributed by atoms with Crippen LogP contribution in [0.25, 0.3) is 11.3 Å². The van der Waals surface area contributed by atoms with E-state index in [1.54, 1.807) is 18.2 Å². The second-order valence-electron chi connectivity index (χ2n) is 3.71. The maximum atomic E-state index is 11.2. The zero-order valence-electron chi connectivity index (χ0n) is 10.3. The SMILES string of the molecule is COc1ccc(-c2cnnc(Cl)n2)cc1NC(C)=O. The Labute approximate surface area is 114 Å². The quantitative estimate of drug-likeness (QED) is 0.931. The van der Waals surface area contributed by atoms with Crippen LogP contribution in [0.15, 0.2) is 24.4 Å². The van der Waals surface area contributed by atoms with Crippen molar-refractivity contribution in [3.05, 3.63) is 29.7 Å². The van der Waals surface area contributed by atoms with Gasteiger partial charge in [-0.05, 0) is 29.8 Å². The molecule has 1 N–H and O–H groups in total. The number of ether oxygens (including phenoxy) is 1. The second kappa shape index (κ2) is 5.62. The first-order valence-electron chi connectivity index (χ1n) is 5.41. The average Bonchev–Trinajstić information content (AvgIpc) is 2.38. The third kappa shape index (κ3) is 3.17. The number of nitrogens with zero attached hydrogens (tertiary/aromatic N) is 3. The normalized spacial score (nSPS) is 10.1. The molecule has 0 radical (unpaired) electrons. The standard InChI is InChI=1S/C12H11ClN4O2/c1-7(18)15-9-5-8(3-4-11(9)19-2)10-6-14-17-12(13)16-10/h3-6H,1-2H3,(H,15,18). The van der Waals surface area contributed by atoms with E-state index in [0.29, 0.717) is 17.1 Å². The highest BCUT2D eigenvalue weighted by Crippen LogP contribution is 2.29. The molecule has 0 saturated heterocycles. The fourth-order valence-electron chi connectivity index (χ4n) is 1.58. The molecule has 2 rings (SSSR count). The number of aromatic nitrogens is 3. The fraction of sp³-hybridized carbons (Fsp3) is 0.167. The summed E-state index contributed by atoms with van der Waals surface area (Å²) in [5.41, 5.74) is 1.87. The summed E-state index contributed by atoms with van der Waals surface area (Å²) in [5, 5.41) is 10.1. The van der Waals surface area contributed by atoms with E-state index in [1.165, 1.54) is 20.2 Å². The predicted molar refractivity (Wildman–Crippen MR) is 71.1 cm³/mol. The van der Waals surface area contributed by atoms with E-state index in [2.05, 4.69) is 20.5 Å². The summed E-state index contributed by atoms with van der Waals surface area (Å²) in [6, 6.07) is 5.27. The van der Waals surface area contributed by atoms with Crippen LogP contribution in [0.4, 0.5) is 5.69 Å². The monoisotopic (exact) mass is 278 g/mol. The summed E-state index contributed by atoms with van der Waals surface area (Å²) >= 11 is 5.70. The maximum Gasteiger partial charge on any atom is 0.243 e. The van der Waals surface area contributed by atoms with Crippen LogP contribution < -0.4 is 10.1 Å². The Balaban J connectivity index is 2.45. The molecule has 1 amide bonds. The third-order valence-electron chi connectivity index (χ3n) is 2.34. The number of rotatable bonds is 3. The number of anilines is 1. The van der Waals surface area contributed by atoms with Crippen molar-refractivity contribution < 1.29 is 9.53 Å². The molecule has 2 aromatic rings. The summed E-state index contributed by atoms with van der Waals surface area (Å²) in [6.45, 7) is 1.43. The molecule has 0 saturated carbocycles. The first-order valence-corrected chi connectivity index (χ1v) is 5.79. The number of amides is 1. The molecule has 6 nitrogen and oxygen atoms in total. The molecule has 0 unspecified atom stereocenters. The predicted octanol–water partition coefficient (Wildman–Crippen LogP) is 2.16. The number of hydrogen-bond donors (Lipinski definition) is 1. The smallest absolute Gasteiger partial charge is 0.243 e. The van der Waals surface area contributed by atoms with Gasteiger partial charge in [-0.15, -0.1) is 5.10 Å². The molecule has 1 aromatic heterocycles. The molecule has 19 heavy (non-hydrogen) atoms. The van der Waals surface area contributed by atoms with Gasteiger partial charge in [0.25, 0.3) is 0 Å². The van der Waals surface area contributed by atoms with Gasteiger partial charge in [0.15, 0.2) is 0 Å². The van der Waals surface area contributed by atoms with Crippen LogP contribution in [-0.2, 0) is 4.79 Å². The lowest BCUT2D eigenvalue weighted by molar-refractivity contribution is -0.114. The molecule has 7 heteroatoms. The first kappa shape index (κ1) is 13.2. The van der Waals surface area contributed by atoms with E-state index in [9.17, 15) is 4.79 Å². The van der Waals surface area contributed by atoms with Gasteiger partial charge in [0.05, 0.1) is 24.7 Å². The van der Waals surface area contributed by atoms with Crippen LogP contribution in [0.2, 0.25) is 5.28 Å². The van der Waals surface area contributed by atoms with E-state index >= 15 is 0 Å². The van der Waals surface area contributed by atoms with Crippen molar-refractivity contribution in [2.24, 2.45) is 0 Å². The molecule has 0 fully saturated rings. The highest BCUT2D eigenvalue weighted by molar-refractivity contribution is 6.28. The Morgan fingerprint density at radius 1 is 1.42 bits per heavy atom. The molecule has 0 aliphatic carbocycles. The van der Waals surface area contributed by atoms with Crippen molar-refractivity contribution in [3.63, 3.8) is 0 Å². The van der Waals surface area contributed by atoms with Crippen LogP contribution in [0.3, 0.4) is 0 Å². The number of halogens is 1. The van der Waals surface area contributed by atoms with E-state index < -0.39 is 0 Å². The summed E-state index contributed by atoms with van der Waals surface area (Å²) in [7, 11) is 1.53. The van der Waals surface area contributed by atoms with Crippen LogP contribution in [0.5, 0.6) is 5.75 Å². The van der Waals surface area contributed by atoms with Crippen molar-refractivity contribution in [2.75, 3.05) is 12.4 Å². The Bertz CT molecular complexity index is 618. The highest BCUT2D eigenvalue weighted by atomic mass is 35.5. The topological polar surface area (TPSA) is 77.0 Å². The average molecular weight is 279 g/mol. The molecule has 0 spiro atoms. The molecule has 0 aliphatic heterocycles. The van der Waals surface area contributed by atoms with Gasteiger partial charge >= 0.3 is 0 Å². The fourth-order valence-corrected chi connectivity index (χ4v) is 1.71. The van der Waals surface area contributed by atoms with Gasteiger partial charge in [-0.2, -0.15) is 5.10 Å². The molecule has 1 aromatic carbocycles. The lowest BCUT2D eigenvalue weighted by Gasteiger charge is -2.10. The van der Waals surface area contributed by atoms with Gasteiger partial charge in [0.2, 0.25) is 11.2 Å². The molecule has 1 heterocycles. The van der Waals surface area contributed by atoms with Gasteiger partial charge in [-0.1, -0.05) is 0 Å². The van der Waals surface area contributed by atoms with Crippen LogP contribution in [0, 0.1) is 0 Å². The number of carbonyl (C=O) groups is 1. The van der Waals surface area contributed by atoms with Crippen molar-refractivity contribution in [1.29, 1.82) is 0 Å². The van der Waals surface area contributed by atoms with Crippen molar-refractivity contribution >= 4 is 23.2 Å². The molecule has 0 atom stereocenters. The van der Waals surface area contributed by atoms with Crippen LogP contribution in [0.1, 0.15) is 6.92 Å². The maximum absolute atomic E-state index is 11.2. The zero-order valence-corrected chi connectivity index (χ0v) is 11.1. The lowest BCUT2D eigenvalue weighted by atomic mass is 10.1. The Kier molecular flexibility index (Phi) is 3.91. The Hall–Kier alpha value is -2.21. The number of hydrogen-bond acceptors (Lipinski definition) is 5. The largest absolute Gasteiger partial charge is 0.495 e. The number of carbonyl (C=O) groups excluding carboxylic acids is 1. The van der Waals surface area contributed by atoms with Gasteiger partial charge in [0.1, 0.15) is 5.75 Å². The molecular formula is C12H11ClN4O2. The van der Waals surface area contributed by atoms with E-state index in [4.69, 9.17) is 16.3 Å². The first-order chi connectivity index (χ1) is 9.10. The van der Waals surface area contributed by atoms with Gasteiger partial charge in [0, 0.05) is 12.5 Å². The second-order valence-corrected chi connectivity index (χ2v) is 4.04. The minimum Gasteiger partial charge on any atom is -0.495 e. The number of methoxy groups -OCH3 is 1. The summed E-state index contributed by atoms with van der Waals surface area (Å²) in [6.07, 6.45) is 1.49. The van der Waals surface area contributed by atoms with E-state index in [1.807, 2.05) is 0 Å². The van der Waals surface area contributed by atoms with Crippen molar-refractivity contribution in [1.82, 2.24) is 15.2 Å². The van der Waals surface area contributed by atoms with Crippen LogP contribution >= 0.6 is 11.6 Å². The number of benzene rings is 1. The summed E-state index contributed by atoms with van der Waals surface area (Å²) < 4.78 is 5.17. The van der Waals surface area contributed by atoms with E-state index in [-0.39, 0.29) is 11.2 Å². The molecule has 0 aliphatic rings. The number of nitrogens with one attached hydrogen (secondary N) is 1. The summed E-state index contributed by atoms with van der Waals surface area (Å²) in [5.74, 6) is 0.376. The van der Waals surface area contributed by atoms with Gasteiger partial charge in [-0.3, -0.25) is 4.79 Å². The lowest BCUT2D eigenvalue weighted by Crippen LogP contribution is -2.07. The summed E-state index contributed by atoms with van der Waals surface area (Å²) in [4.78, 5) is 15.2. The molecular weight excluding hydrogens is 268 g/mol. The van der Waals surface area contributed by atoms with Gasteiger partial charge in [-0.25, -0.2) is 4.98 Å². The minimum absolute atomic E-state index is 0.0643. The minimum atomic E-state index is -0.186. The van der Waals surface area contributed by atoms with Crippen molar-refractivity contribution in [3.8, 4) is 17.0 Å².